The number of aliphatic hydroxyl groups excluding tert-OH is 1. The molecule has 150 valence electrons. The molecule has 0 aliphatic rings. The zero-order valence-electron chi connectivity index (χ0n) is 15.6. The number of benzene rings is 1. The highest BCUT2D eigenvalue weighted by molar-refractivity contribution is 7.16. The topological polar surface area (TPSA) is 75.6 Å². The van der Waals surface area contributed by atoms with Crippen molar-refractivity contribution in [3.05, 3.63) is 68.3 Å². The van der Waals surface area contributed by atoms with Crippen LogP contribution in [0.5, 0.6) is 0 Å². The Labute approximate surface area is 177 Å². The number of thiophene rings is 1. The van der Waals surface area contributed by atoms with Crippen molar-refractivity contribution in [2.45, 2.75) is 38.5 Å². The Morgan fingerprint density at radius 2 is 1.89 bits per heavy atom. The number of ether oxygens (including phenoxy) is 1. The van der Waals surface area contributed by atoms with Gasteiger partial charge in [-0.2, -0.15) is 0 Å². The van der Waals surface area contributed by atoms with Gasteiger partial charge in [0.05, 0.1) is 10.4 Å². The highest BCUT2D eigenvalue weighted by atomic mass is 35.5. The van der Waals surface area contributed by atoms with Crippen molar-refractivity contribution in [3.8, 4) is 0 Å². The smallest absolute Gasteiger partial charge is 0.331 e. The van der Waals surface area contributed by atoms with Gasteiger partial charge in [0.15, 0.2) is 0 Å². The van der Waals surface area contributed by atoms with E-state index >= 15 is 0 Å². The predicted octanol–water partition coefficient (Wildman–Crippen LogP) is 4.84. The first kappa shape index (κ1) is 22.4. The van der Waals surface area contributed by atoms with Gasteiger partial charge >= 0.3 is 5.97 Å². The molecule has 1 aromatic heterocycles. The largest absolute Gasteiger partial charge is 0.457 e. The van der Waals surface area contributed by atoms with E-state index in [1.165, 1.54) is 11.3 Å². The predicted molar refractivity (Wildman–Crippen MR) is 112 cm³/mol. The minimum atomic E-state index is -1.06. The number of hydrogen-bond donors (Lipinski definition) is 2. The molecule has 0 spiro atoms. The quantitative estimate of drug-likeness (QED) is 0.496. The number of rotatable bonds is 6. The average Bonchev–Trinajstić information content (AvgIpc) is 3.02. The van der Waals surface area contributed by atoms with Gasteiger partial charge in [0.2, 0.25) is 5.91 Å². The lowest BCUT2D eigenvalue weighted by atomic mass is 10.0. The second-order valence-electron chi connectivity index (χ2n) is 6.99. The molecule has 8 heteroatoms. The van der Waals surface area contributed by atoms with Crippen LogP contribution in [0, 0.1) is 0 Å². The number of carbonyl (C=O) groups excluding carboxylic acids is 2. The van der Waals surface area contributed by atoms with Crippen LogP contribution in [0.25, 0.3) is 0 Å². The molecule has 0 saturated heterocycles. The molecule has 1 heterocycles. The van der Waals surface area contributed by atoms with E-state index in [9.17, 15) is 14.7 Å². The molecule has 2 atom stereocenters. The van der Waals surface area contributed by atoms with Gasteiger partial charge in [-0.1, -0.05) is 35.3 Å². The zero-order chi connectivity index (χ0) is 20.9. The zero-order valence-corrected chi connectivity index (χ0v) is 17.9. The molecule has 2 aromatic rings. The van der Waals surface area contributed by atoms with Crippen molar-refractivity contribution >= 4 is 46.4 Å². The van der Waals surface area contributed by atoms with Crippen molar-refractivity contribution in [2.24, 2.45) is 0 Å². The Hall–Kier alpha value is -1.86. The molecule has 1 amide bonds. The number of halogens is 2. The second kappa shape index (κ2) is 9.56. The molecule has 0 saturated carbocycles. The first-order chi connectivity index (χ1) is 13.0. The fourth-order valence-corrected chi connectivity index (χ4v) is 3.71. The summed E-state index contributed by atoms with van der Waals surface area (Å²) in [6.45, 7) is 5.20. The van der Waals surface area contributed by atoms with E-state index in [1.54, 1.807) is 57.2 Å². The summed E-state index contributed by atoms with van der Waals surface area (Å²) in [5.41, 5.74) is -0.116. The SMILES string of the molecule is CC(C)(C)OC(=O)C=CC(=O)N[C@H](c1ccc(Cl)s1)[C@@H](O)c1cccc(Cl)c1. The van der Waals surface area contributed by atoms with E-state index < -0.39 is 29.6 Å². The third-order valence-corrected chi connectivity index (χ3v) is 5.03. The van der Waals surface area contributed by atoms with Crippen LogP contribution >= 0.6 is 34.5 Å². The van der Waals surface area contributed by atoms with Crippen molar-refractivity contribution < 1.29 is 19.4 Å². The van der Waals surface area contributed by atoms with E-state index in [4.69, 9.17) is 27.9 Å². The summed E-state index contributed by atoms with van der Waals surface area (Å²) in [4.78, 5) is 24.7. The van der Waals surface area contributed by atoms with Crippen LogP contribution < -0.4 is 5.32 Å². The van der Waals surface area contributed by atoms with E-state index in [0.29, 0.717) is 19.8 Å². The number of amides is 1. The monoisotopic (exact) mass is 441 g/mol. The van der Waals surface area contributed by atoms with Gasteiger partial charge in [-0.15, -0.1) is 11.3 Å². The molecule has 5 nitrogen and oxygen atoms in total. The van der Waals surface area contributed by atoms with Crippen LogP contribution in [0.15, 0.2) is 48.6 Å². The first-order valence-corrected chi connectivity index (χ1v) is 10.0. The first-order valence-electron chi connectivity index (χ1n) is 8.45. The minimum Gasteiger partial charge on any atom is -0.457 e. The molecule has 2 N–H and O–H groups in total. The fraction of sp³-hybridized carbons (Fsp3) is 0.300. The number of nitrogens with one attached hydrogen (secondary N) is 1. The molecule has 28 heavy (non-hydrogen) atoms. The second-order valence-corrected chi connectivity index (χ2v) is 9.18. The molecular formula is C20H21Cl2NO4S. The van der Waals surface area contributed by atoms with E-state index in [-0.39, 0.29) is 0 Å². The van der Waals surface area contributed by atoms with Gasteiger partial charge in [0.1, 0.15) is 11.7 Å². The summed E-state index contributed by atoms with van der Waals surface area (Å²) in [5, 5.41) is 14.0. The number of esters is 1. The van der Waals surface area contributed by atoms with Crippen LogP contribution in [0.4, 0.5) is 0 Å². The Morgan fingerprint density at radius 3 is 2.46 bits per heavy atom. The number of hydrogen-bond acceptors (Lipinski definition) is 5. The molecule has 0 radical (unpaired) electrons. The standard InChI is InChI=1S/C20H21Cl2NO4S/c1-20(2,3)27-17(25)10-9-16(24)23-18(14-7-8-15(22)28-14)19(26)12-5-4-6-13(21)11-12/h4-11,18-19,26H,1-3H3,(H,23,24)/t18-,19+/m1/s1. The third-order valence-electron chi connectivity index (χ3n) is 3.48. The summed E-state index contributed by atoms with van der Waals surface area (Å²) in [5.74, 6) is -1.18. The lowest BCUT2D eigenvalue weighted by Gasteiger charge is -2.23. The van der Waals surface area contributed by atoms with Crippen molar-refractivity contribution in [3.63, 3.8) is 0 Å². The van der Waals surface area contributed by atoms with Gasteiger partial charge < -0.3 is 15.2 Å². The van der Waals surface area contributed by atoms with Gasteiger partial charge in [-0.25, -0.2) is 4.79 Å². The molecule has 0 aliphatic heterocycles. The van der Waals surface area contributed by atoms with Crippen LogP contribution in [-0.4, -0.2) is 22.6 Å². The summed E-state index contributed by atoms with van der Waals surface area (Å²) in [6, 6.07) is 9.37. The molecule has 2 rings (SSSR count). The average molecular weight is 442 g/mol. The molecular weight excluding hydrogens is 421 g/mol. The summed E-state index contributed by atoms with van der Waals surface area (Å²) in [6.07, 6.45) is 1.05. The summed E-state index contributed by atoms with van der Waals surface area (Å²) < 4.78 is 5.65. The normalized spacial score (nSPS) is 13.9. The van der Waals surface area contributed by atoms with Crippen molar-refractivity contribution in [1.29, 1.82) is 0 Å². The van der Waals surface area contributed by atoms with E-state index in [0.717, 1.165) is 12.2 Å². The lowest BCUT2D eigenvalue weighted by molar-refractivity contribution is -0.148. The Bertz CT molecular complexity index is 873. The third kappa shape index (κ3) is 6.95. The van der Waals surface area contributed by atoms with Crippen molar-refractivity contribution in [1.82, 2.24) is 5.32 Å². The maximum atomic E-state index is 12.3. The van der Waals surface area contributed by atoms with Crippen molar-refractivity contribution in [2.75, 3.05) is 0 Å². The highest BCUT2D eigenvalue weighted by Crippen LogP contribution is 2.35. The maximum absolute atomic E-state index is 12.3. The highest BCUT2D eigenvalue weighted by Gasteiger charge is 2.26. The molecule has 0 fully saturated rings. The molecule has 1 aromatic carbocycles. The van der Waals surface area contributed by atoms with Gasteiger partial charge in [0, 0.05) is 22.1 Å². The molecule has 0 aliphatic carbocycles. The van der Waals surface area contributed by atoms with E-state index in [1.807, 2.05) is 0 Å². The Morgan fingerprint density at radius 1 is 1.18 bits per heavy atom. The van der Waals surface area contributed by atoms with Gasteiger partial charge in [-0.3, -0.25) is 4.79 Å². The lowest BCUT2D eigenvalue weighted by Crippen LogP contribution is -2.31. The van der Waals surface area contributed by atoms with E-state index in [2.05, 4.69) is 5.32 Å². The van der Waals surface area contributed by atoms with Crippen LogP contribution in [0.1, 0.15) is 43.4 Å². The fourth-order valence-electron chi connectivity index (χ4n) is 2.37. The Balaban J connectivity index is 2.18. The maximum Gasteiger partial charge on any atom is 0.331 e. The Kier molecular flexibility index (Phi) is 7.66. The van der Waals surface area contributed by atoms with Gasteiger partial charge in [-0.05, 0) is 50.6 Å². The van der Waals surface area contributed by atoms with Gasteiger partial charge in [0.25, 0.3) is 0 Å². The van der Waals surface area contributed by atoms with Crippen LogP contribution in [-0.2, 0) is 14.3 Å². The molecule has 0 unspecified atom stereocenters. The summed E-state index contributed by atoms with van der Waals surface area (Å²) >= 11 is 13.3. The van der Waals surface area contributed by atoms with Crippen LogP contribution in [0.2, 0.25) is 9.36 Å². The number of aliphatic hydroxyl groups is 1. The molecule has 0 bridgehead atoms. The number of carbonyl (C=O) groups is 2. The minimum absolute atomic E-state index is 0.468. The van der Waals surface area contributed by atoms with Crippen LogP contribution in [0.3, 0.4) is 0 Å². The summed E-state index contributed by atoms with van der Waals surface area (Å²) in [7, 11) is 0.